The van der Waals surface area contributed by atoms with E-state index in [1.165, 1.54) is 11.8 Å². The van der Waals surface area contributed by atoms with Crippen LogP contribution >= 0.6 is 35.8 Å². The molecule has 0 saturated carbocycles. The van der Waals surface area contributed by atoms with Gasteiger partial charge in [0.2, 0.25) is 5.88 Å². The molecule has 3 aromatic heterocycles. The molecule has 192 valence electrons. The fourth-order valence-electron chi connectivity index (χ4n) is 4.44. The van der Waals surface area contributed by atoms with Gasteiger partial charge in [0.1, 0.15) is 11.4 Å². The normalized spacial score (nSPS) is 16.6. The predicted molar refractivity (Wildman–Crippen MR) is 140 cm³/mol. The summed E-state index contributed by atoms with van der Waals surface area (Å²) in [5.41, 5.74) is 4.24. The van der Waals surface area contributed by atoms with E-state index in [9.17, 15) is 9.59 Å². The first kappa shape index (κ1) is 25.3. The Bertz CT molecular complexity index is 1540. The molecule has 0 bridgehead atoms. The predicted octanol–water partition coefficient (Wildman–Crippen LogP) is 5.23. The van der Waals surface area contributed by atoms with Crippen LogP contribution < -0.4 is 15.4 Å². The molecule has 4 N–H and O–H groups in total. The molecule has 1 atom stereocenters. The van der Waals surface area contributed by atoms with E-state index in [1.807, 2.05) is 24.3 Å². The van der Waals surface area contributed by atoms with Gasteiger partial charge in [-0.2, -0.15) is 0 Å². The zero-order chi connectivity index (χ0) is 24.8. The van der Waals surface area contributed by atoms with Gasteiger partial charge >= 0.3 is 6.16 Å². The van der Waals surface area contributed by atoms with Crippen LogP contribution in [0.2, 0.25) is 5.02 Å². The van der Waals surface area contributed by atoms with Crippen LogP contribution in [0, 0.1) is 0 Å². The molecule has 1 unspecified atom stereocenters. The molecule has 6 rings (SSSR count). The van der Waals surface area contributed by atoms with Crippen LogP contribution in [0.1, 0.15) is 24.2 Å². The first-order chi connectivity index (χ1) is 17.5. The average molecular weight is 562 g/mol. The third kappa shape index (κ3) is 4.71. The number of nitrogens with one attached hydrogen (secondary N) is 4. The molecule has 0 aliphatic carbocycles. The molecule has 0 amide bonds. The number of Topliss-reactive ketones (excluding diaryl/α,β-unsaturated/α-hetero) is 1. The molecule has 10 nitrogen and oxygen atoms in total. The number of rotatable bonds is 5. The number of fused-ring (bicyclic) bond motifs is 2. The molecule has 2 aliphatic rings. The highest BCUT2D eigenvalue weighted by atomic mass is 35.5. The van der Waals surface area contributed by atoms with Crippen molar-refractivity contribution in [3.8, 4) is 5.88 Å². The van der Waals surface area contributed by atoms with Crippen LogP contribution in [0.5, 0.6) is 5.88 Å². The van der Waals surface area contributed by atoms with Crippen molar-refractivity contribution < 1.29 is 23.5 Å². The first-order valence-corrected chi connectivity index (χ1v) is 12.4. The van der Waals surface area contributed by atoms with E-state index >= 15 is 0 Å². The van der Waals surface area contributed by atoms with Crippen molar-refractivity contribution in [3.63, 3.8) is 0 Å². The maximum absolute atomic E-state index is 13.0. The molecule has 2 aliphatic heterocycles. The van der Waals surface area contributed by atoms with Crippen molar-refractivity contribution in [2.24, 2.45) is 0 Å². The van der Waals surface area contributed by atoms with Crippen LogP contribution in [0.25, 0.3) is 11.0 Å². The number of benzene rings is 1. The Morgan fingerprint density at radius 3 is 2.97 bits per heavy atom. The van der Waals surface area contributed by atoms with Gasteiger partial charge in [0.15, 0.2) is 16.0 Å². The number of hydrogen-bond donors (Lipinski definition) is 4. The minimum Gasteiger partial charge on any atom is -0.453 e. The van der Waals surface area contributed by atoms with E-state index in [-0.39, 0.29) is 37.2 Å². The summed E-state index contributed by atoms with van der Waals surface area (Å²) >= 11 is 7.42. The lowest BCUT2D eigenvalue weighted by molar-refractivity contribution is -0.115. The van der Waals surface area contributed by atoms with Crippen LogP contribution in [0.4, 0.5) is 10.5 Å². The van der Waals surface area contributed by atoms with Crippen LogP contribution in [0.15, 0.2) is 62.5 Å². The van der Waals surface area contributed by atoms with Crippen molar-refractivity contribution in [2.45, 2.75) is 23.1 Å². The van der Waals surface area contributed by atoms with Gasteiger partial charge in [-0.25, -0.2) is 9.78 Å². The van der Waals surface area contributed by atoms with Crippen molar-refractivity contribution in [1.82, 2.24) is 20.3 Å². The average Bonchev–Trinajstić information content (AvgIpc) is 3.57. The number of ketones is 1. The molecule has 5 heterocycles. The highest BCUT2D eigenvalue weighted by Crippen LogP contribution is 2.47. The van der Waals surface area contributed by atoms with Crippen LogP contribution in [0.3, 0.4) is 0 Å². The second kappa shape index (κ2) is 10.2. The SMILES string of the molecule is CCOC(=O)Oc1[nH]cc2c1NC1=C(C(=O)CNC1)C2c1ccc(Sc2nc3ccc(Cl)cc3[nH]2)o1.Cl. The number of furan rings is 1. The molecule has 37 heavy (non-hydrogen) atoms. The Balaban J connectivity index is 0.00000280. The molecule has 4 aromatic rings. The van der Waals surface area contributed by atoms with Crippen molar-refractivity contribution >= 4 is 64.4 Å². The van der Waals surface area contributed by atoms with E-state index in [4.69, 9.17) is 25.5 Å². The van der Waals surface area contributed by atoms with E-state index < -0.39 is 12.1 Å². The number of imidazole rings is 1. The van der Waals surface area contributed by atoms with E-state index in [1.54, 1.807) is 19.2 Å². The van der Waals surface area contributed by atoms with Crippen molar-refractivity contribution in [2.75, 3.05) is 25.0 Å². The Morgan fingerprint density at radius 2 is 2.14 bits per heavy atom. The van der Waals surface area contributed by atoms with Gasteiger partial charge in [0.25, 0.3) is 0 Å². The number of halogens is 2. The molecule has 1 aromatic carbocycles. The summed E-state index contributed by atoms with van der Waals surface area (Å²) in [6.45, 7) is 2.58. The number of aromatic nitrogens is 3. The molecule has 0 saturated heterocycles. The summed E-state index contributed by atoms with van der Waals surface area (Å²) in [6.07, 6.45) is 0.890. The van der Waals surface area contributed by atoms with Gasteiger partial charge < -0.3 is 34.5 Å². The lowest BCUT2D eigenvalue weighted by Crippen LogP contribution is -2.39. The summed E-state index contributed by atoms with van der Waals surface area (Å²) in [5, 5.41) is 8.23. The molecule has 13 heteroatoms. The number of aromatic amines is 2. The second-order valence-corrected chi connectivity index (χ2v) is 9.60. The number of H-pyrrole nitrogens is 2. The Labute approximate surface area is 225 Å². The number of nitrogens with zero attached hydrogens (tertiary/aromatic N) is 1. The number of carbonyl (C=O) groups is 2. The quantitative estimate of drug-likeness (QED) is 0.241. The second-order valence-electron chi connectivity index (χ2n) is 8.17. The molecule has 0 radical (unpaired) electrons. The van der Waals surface area contributed by atoms with Crippen LogP contribution in [-0.2, 0) is 9.53 Å². The molecular formula is C24H21Cl2N5O5S. The van der Waals surface area contributed by atoms with E-state index in [0.717, 1.165) is 16.6 Å². The monoisotopic (exact) mass is 561 g/mol. The number of carbonyl (C=O) groups excluding carboxylic acids is 2. The summed E-state index contributed by atoms with van der Waals surface area (Å²) in [5.74, 6) is 0.280. The smallest absolute Gasteiger partial charge is 0.453 e. The lowest BCUT2D eigenvalue weighted by Gasteiger charge is -2.31. The molecular weight excluding hydrogens is 541 g/mol. The van der Waals surface area contributed by atoms with Gasteiger partial charge in [-0.05, 0) is 49.0 Å². The van der Waals surface area contributed by atoms with Crippen molar-refractivity contribution in [1.29, 1.82) is 0 Å². The van der Waals surface area contributed by atoms with Crippen LogP contribution in [-0.4, -0.2) is 46.6 Å². The standard InChI is InChI=1S/C24H20ClN5O5S.ClH/c1-2-33-24(32)35-22-21-12(8-27-22)19(20-15(28-21)9-26-10-16(20)31)17-5-6-18(34-17)36-23-29-13-4-3-11(25)7-14(13)30-23;/h3-8,19,26-28H,2,9-10H2,1H3,(H,29,30);1H. The van der Waals surface area contributed by atoms with Crippen molar-refractivity contribution in [3.05, 3.63) is 64.1 Å². The van der Waals surface area contributed by atoms with E-state index in [2.05, 4.69) is 25.6 Å². The Morgan fingerprint density at radius 1 is 1.27 bits per heavy atom. The van der Waals surface area contributed by atoms with Gasteiger partial charge in [-0.3, -0.25) is 4.79 Å². The third-order valence-electron chi connectivity index (χ3n) is 5.92. The zero-order valence-electron chi connectivity index (χ0n) is 19.3. The summed E-state index contributed by atoms with van der Waals surface area (Å²) in [4.78, 5) is 35.7. The number of hydrogen-bond acceptors (Lipinski definition) is 9. The maximum Gasteiger partial charge on any atom is 0.515 e. The summed E-state index contributed by atoms with van der Waals surface area (Å²) in [7, 11) is 0. The molecule has 0 spiro atoms. The number of ether oxygens (including phenoxy) is 2. The zero-order valence-corrected chi connectivity index (χ0v) is 21.7. The highest BCUT2D eigenvalue weighted by Gasteiger charge is 2.39. The summed E-state index contributed by atoms with van der Waals surface area (Å²) in [6, 6.07) is 9.14. The lowest BCUT2D eigenvalue weighted by atomic mass is 9.82. The van der Waals surface area contributed by atoms with Gasteiger partial charge in [0.05, 0.1) is 30.1 Å². The molecule has 0 fully saturated rings. The largest absolute Gasteiger partial charge is 0.515 e. The summed E-state index contributed by atoms with van der Waals surface area (Å²) < 4.78 is 16.5. The highest BCUT2D eigenvalue weighted by molar-refractivity contribution is 7.99. The van der Waals surface area contributed by atoms with Gasteiger partial charge in [0, 0.05) is 34.6 Å². The Kier molecular flexibility index (Phi) is 6.95. The first-order valence-electron chi connectivity index (χ1n) is 11.2. The third-order valence-corrected chi connectivity index (χ3v) is 6.96. The maximum atomic E-state index is 13.0. The topological polar surface area (TPSA) is 134 Å². The van der Waals surface area contributed by atoms with Gasteiger partial charge in [-0.1, -0.05) is 11.6 Å². The fourth-order valence-corrected chi connectivity index (χ4v) is 5.38. The number of anilines is 1. The fraction of sp³-hybridized carbons (Fsp3) is 0.208. The Hall–Kier alpha value is -3.38. The minimum absolute atomic E-state index is 0. The van der Waals surface area contributed by atoms with E-state index in [0.29, 0.717) is 44.5 Å². The minimum atomic E-state index is -0.818. The van der Waals surface area contributed by atoms with Gasteiger partial charge in [-0.15, -0.1) is 12.4 Å².